The van der Waals surface area contributed by atoms with Gasteiger partial charge in [-0.05, 0) is 54.0 Å². The molecule has 0 bridgehead atoms. The third-order valence-electron chi connectivity index (χ3n) is 5.88. The second-order valence-electron chi connectivity index (χ2n) is 8.54. The highest BCUT2D eigenvalue weighted by Gasteiger charge is 2.35. The normalized spacial score (nSPS) is 18.5. The molecule has 0 saturated carbocycles. The highest BCUT2D eigenvalue weighted by atomic mass is 19.4. The Morgan fingerprint density at radius 2 is 1.81 bits per heavy atom. The number of hydrogen-bond acceptors (Lipinski definition) is 4. The lowest BCUT2D eigenvalue weighted by molar-refractivity contribution is -0.138. The number of nitrogens with one attached hydrogen (secondary N) is 2. The molecule has 1 unspecified atom stereocenters. The number of rotatable bonds is 5. The van der Waals surface area contributed by atoms with Crippen molar-refractivity contribution in [3.05, 3.63) is 89.0 Å². The van der Waals surface area contributed by atoms with E-state index in [1.807, 2.05) is 0 Å². The van der Waals surface area contributed by atoms with E-state index in [1.54, 1.807) is 48.5 Å². The zero-order valence-corrected chi connectivity index (χ0v) is 18.9. The van der Waals surface area contributed by atoms with Crippen LogP contribution in [0.15, 0.2) is 66.7 Å². The van der Waals surface area contributed by atoms with Crippen LogP contribution in [0.5, 0.6) is 11.5 Å². The Morgan fingerprint density at radius 1 is 1.03 bits per heavy atom. The monoisotopic (exact) mass is 494 g/mol. The fourth-order valence-electron chi connectivity index (χ4n) is 4.22. The van der Waals surface area contributed by atoms with Crippen molar-refractivity contribution < 1.29 is 32.2 Å². The highest BCUT2D eigenvalue weighted by Crippen LogP contribution is 2.40. The maximum absolute atomic E-state index is 13.9. The minimum atomic E-state index is -4.67. The van der Waals surface area contributed by atoms with Crippen LogP contribution < -0.4 is 15.4 Å². The number of morpholine rings is 1. The molecule has 0 aliphatic carbocycles. The molecule has 9 heteroatoms. The van der Waals surface area contributed by atoms with Gasteiger partial charge < -0.3 is 20.1 Å². The average molecular weight is 494 g/mol. The maximum atomic E-state index is 13.9. The molecule has 2 aliphatic heterocycles. The summed E-state index contributed by atoms with van der Waals surface area (Å²) in [6, 6.07) is 17.2. The second kappa shape index (κ2) is 9.50. The van der Waals surface area contributed by atoms with Crippen molar-refractivity contribution in [2.75, 3.05) is 18.5 Å². The van der Waals surface area contributed by atoms with Crippen LogP contribution in [-0.4, -0.2) is 31.1 Å². The van der Waals surface area contributed by atoms with Gasteiger partial charge in [-0.25, -0.2) is 0 Å². The standard InChI is InChI=1S/C27H21F3N2O4/c28-27(29,30)22-13-17(12-21-20-3-1-2-4-23(20)32-26(21)34)7-10-24(22)36-19-8-5-16(6-9-19)11-18-14-35-15-25(33)31-18/h1-10,12-13,18H,11,14-15H2,(H,31,33)(H,32,34). The molecule has 2 N–H and O–H groups in total. The molecule has 6 nitrogen and oxygen atoms in total. The van der Waals surface area contributed by atoms with Gasteiger partial charge in [-0.3, -0.25) is 9.59 Å². The van der Waals surface area contributed by atoms with Crippen molar-refractivity contribution in [2.45, 2.75) is 18.6 Å². The number of anilines is 1. The van der Waals surface area contributed by atoms with E-state index in [2.05, 4.69) is 10.6 Å². The van der Waals surface area contributed by atoms with Gasteiger partial charge in [0.05, 0.1) is 18.2 Å². The van der Waals surface area contributed by atoms with E-state index in [0.29, 0.717) is 29.9 Å². The molecule has 0 aromatic heterocycles. The van der Waals surface area contributed by atoms with E-state index in [0.717, 1.165) is 11.6 Å². The summed E-state index contributed by atoms with van der Waals surface area (Å²) in [4.78, 5) is 23.8. The highest BCUT2D eigenvalue weighted by molar-refractivity contribution is 6.34. The second-order valence-corrected chi connectivity index (χ2v) is 8.54. The number of amides is 2. The first-order valence-corrected chi connectivity index (χ1v) is 11.2. The Balaban J connectivity index is 1.37. The number of hydrogen-bond donors (Lipinski definition) is 2. The number of carbonyl (C=O) groups excluding carboxylic acids is 2. The molecule has 36 heavy (non-hydrogen) atoms. The summed E-state index contributed by atoms with van der Waals surface area (Å²) < 4.78 is 52.5. The zero-order valence-electron chi connectivity index (χ0n) is 18.9. The number of para-hydroxylation sites is 1. The molecule has 3 aromatic carbocycles. The zero-order chi connectivity index (χ0) is 25.3. The molecule has 1 saturated heterocycles. The van der Waals surface area contributed by atoms with E-state index in [-0.39, 0.29) is 41.5 Å². The summed E-state index contributed by atoms with van der Waals surface area (Å²) in [6.45, 7) is 0.440. The fraction of sp³-hybridized carbons (Fsp3) is 0.185. The lowest BCUT2D eigenvalue weighted by Gasteiger charge is -2.23. The summed E-state index contributed by atoms with van der Waals surface area (Å²) in [5, 5.41) is 5.54. The first-order chi connectivity index (χ1) is 17.3. The summed E-state index contributed by atoms with van der Waals surface area (Å²) in [6.07, 6.45) is -2.71. The van der Waals surface area contributed by atoms with Crippen LogP contribution in [0.3, 0.4) is 0 Å². The minimum Gasteiger partial charge on any atom is -0.457 e. The molecule has 2 aliphatic rings. The van der Waals surface area contributed by atoms with Crippen molar-refractivity contribution in [3.63, 3.8) is 0 Å². The van der Waals surface area contributed by atoms with Crippen molar-refractivity contribution >= 4 is 29.2 Å². The molecular weight excluding hydrogens is 473 g/mol. The first-order valence-electron chi connectivity index (χ1n) is 11.2. The van der Waals surface area contributed by atoms with Crippen LogP contribution in [0.1, 0.15) is 22.3 Å². The summed E-state index contributed by atoms with van der Waals surface area (Å²) >= 11 is 0. The van der Waals surface area contributed by atoms with Gasteiger partial charge in [-0.15, -0.1) is 0 Å². The van der Waals surface area contributed by atoms with Crippen LogP contribution in [0.2, 0.25) is 0 Å². The Bertz CT molecular complexity index is 1350. The fourth-order valence-corrected chi connectivity index (χ4v) is 4.22. The van der Waals surface area contributed by atoms with Crippen LogP contribution in [0.25, 0.3) is 11.6 Å². The molecule has 1 fully saturated rings. The third-order valence-corrected chi connectivity index (χ3v) is 5.88. The molecule has 2 amide bonds. The van der Waals surface area contributed by atoms with Gasteiger partial charge in [-0.1, -0.05) is 36.4 Å². The van der Waals surface area contributed by atoms with Gasteiger partial charge in [0.2, 0.25) is 5.91 Å². The van der Waals surface area contributed by atoms with E-state index in [4.69, 9.17) is 9.47 Å². The molecule has 3 aromatic rings. The predicted octanol–water partition coefficient (Wildman–Crippen LogP) is 5.05. The SMILES string of the molecule is O=C1COCC(Cc2ccc(Oc3ccc(C=C4C(=O)Nc5ccccc54)cc3C(F)(F)F)cc2)N1. The van der Waals surface area contributed by atoms with Crippen LogP contribution in [-0.2, 0) is 26.9 Å². The largest absolute Gasteiger partial charge is 0.457 e. The summed E-state index contributed by atoms with van der Waals surface area (Å²) in [7, 11) is 0. The number of ether oxygens (including phenoxy) is 2. The predicted molar refractivity (Wildman–Crippen MR) is 127 cm³/mol. The van der Waals surface area contributed by atoms with Gasteiger partial charge in [0, 0.05) is 16.8 Å². The number of halogens is 3. The third kappa shape index (κ3) is 5.11. The van der Waals surface area contributed by atoms with Crippen LogP contribution in [0.4, 0.5) is 18.9 Å². The smallest absolute Gasteiger partial charge is 0.420 e. The molecule has 0 spiro atoms. The Kier molecular flexibility index (Phi) is 6.24. The van der Waals surface area contributed by atoms with E-state index in [1.165, 1.54) is 18.2 Å². The van der Waals surface area contributed by atoms with Crippen molar-refractivity contribution in [2.24, 2.45) is 0 Å². The number of benzene rings is 3. The van der Waals surface area contributed by atoms with Gasteiger partial charge in [0.1, 0.15) is 18.1 Å². The molecule has 0 radical (unpaired) electrons. The van der Waals surface area contributed by atoms with Crippen LogP contribution in [0, 0.1) is 0 Å². The molecule has 1 atom stereocenters. The minimum absolute atomic E-state index is 0.0429. The Morgan fingerprint density at radius 3 is 2.56 bits per heavy atom. The van der Waals surface area contributed by atoms with E-state index < -0.39 is 11.7 Å². The average Bonchev–Trinajstić information content (AvgIpc) is 3.15. The van der Waals surface area contributed by atoms with Crippen molar-refractivity contribution in [3.8, 4) is 11.5 Å². The lowest BCUT2D eigenvalue weighted by atomic mass is 10.0. The Hall–Kier alpha value is -4.11. The number of fused-ring (bicyclic) bond motifs is 1. The quantitative estimate of drug-likeness (QED) is 0.487. The van der Waals surface area contributed by atoms with Gasteiger partial charge in [0.25, 0.3) is 5.91 Å². The lowest BCUT2D eigenvalue weighted by Crippen LogP contribution is -2.46. The topological polar surface area (TPSA) is 76.7 Å². The maximum Gasteiger partial charge on any atom is 0.420 e. The van der Waals surface area contributed by atoms with E-state index >= 15 is 0 Å². The Labute approximate surface area is 204 Å². The van der Waals surface area contributed by atoms with Gasteiger partial charge in [0.15, 0.2) is 0 Å². The summed E-state index contributed by atoms with van der Waals surface area (Å²) in [5.41, 5.74) is 1.70. The molecule has 5 rings (SSSR count). The van der Waals surface area contributed by atoms with Crippen molar-refractivity contribution in [1.29, 1.82) is 0 Å². The van der Waals surface area contributed by atoms with Crippen molar-refractivity contribution in [1.82, 2.24) is 5.32 Å². The number of carbonyl (C=O) groups is 2. The van der Waals surface area contributed by atoms with Crippen LogP contribution >= 0.6 is 0 Å². The van der Waals surface area contributed by atoms with Gasteiger partial charge >= 0.3 is 6.18 Å². The molecule has 2 heterocycles. The summed E-state index contributed by atoms with van der Waals surface area (Å²) in [5.74, 6) is -0.655. The molecular formula is C27H21F3N2O4. The van der Waals surface area contributed by atoms with Gasteiger partial charge in [-0.2, -0.15) is 13.2 Å². The first kappa shape index (κ1) is 23.6. The molecule has 184 valence electrons. The van der Waals surface area contributed by atoms with E-state index in [9.17, 15) is 22.8 Å². The number of alkyl halides is 3.